The molecule has 2 fully saturated rings. The van der Waals surface area contributed by atoms with Crippen molar-refractivity contribution in [3.63, 3.8) is 0 Å². The topological polar surface area (TPSA) is 87.8 Å². The van der Waals surface area contributed by atoms with Crippen LogP contribution in [0, 0.1) is 19.8 Å². The molecular formula is C27H32ClN7O. The fourth-order valence-corrected chi connectivity index (χ4v) is 5.82. The van der Waals surface area contributed by atoms with Crippen LogP contribution < -0.4 is 0 Å². The molecular weight excluding hydrogens is 474 g/mol. The minimum absolute atomic E-state index is 0.231. The quantitative estimate of drug-likeness (QED) is 0.341. The highest BCUT2D eigenvalue weighted by Gasteiger charge is 2.31. The zero-order chi connectivity index (χ0) is 25.0. The van der Waals surface area contributed by atoms with E-state index in [4.69, 9.17) is 16.7 Å². The van der Waals surface area contributed by atoms with E-state index in [1.54, 1.807) is 6.08 Å². The Labute approximate surface area is 215 Å². The molecule has 1 aromatic carbocycles. The Kier molecular flexibility index (Phi) is 5.98. The molecule has 0 bridgehead atoms. The molecule has 1 atom stereocenters. The Morgan fingerprint density at radius 3 is 2.72 bits per heavy atom. The first kappa shape index (κ1) is 23.5. The van der Waals surface area contributed by atoms with E-state index in [-0.39, 0.29) is 6.04 Å². The molecule has 8 nitrogen and oxygen atoms in total. The van der Waals surface area contributed by atoms with Crippen LogP contribution in [0.25, 0.3) is 33.4 Å². The molecule has 0 spiro atoms. The van der Waals surface area contributed by atoms with E-state index >= 15 is 0 Å². The molecule has 1 saturated carbocycles. The third-order valence-electron chi connectivity index (χ3n) is 7.78. The third kappa shape index (κ3) is 3.97. The molecule has 0 radical (unpaired) electrons. The first-order valence-electron chi connectivity index (χ1n) is 12.7. The first-order chi connectivity index (χ1) is 17.5. The van der Waals surface area contributed by atoms with Crippen molar-refractivity contribution in [3.8, 4) is 22.5 Å². The fraction of sp³-hybridized carbons (Fsp3) is 0.444. The Morgan fingerprint density at radius 2 is 2.00 bits per heavy atom. The lowest BCUT2D eigenvalue weighted by atomic mass is 9.96. The normalized spacial score (nSPS) is 18.2. The molecule has 1 aliphatic carbocycles. The van der Waals surface area contributed by atoms with E-state index in [0.717, 1.165) is 82.2 Å². The number of piperidine rings is 1. The summed E-state index contributed by atoms with van der Waals surface area (Å²) in [6.45, 7) is 10.4. The maximum atomic E-state index is 10.2. The summed E-state index contributed by atoms with van der Waals surface area (Å²) in [5.74, 6) is 0.694. The lowest BCUT2D eigenvalue weighted by Crippen LogP contribution is -2.41. The second-order valence-corrected chi connectivity index (χ2v) is 10.6. The Balaban J connectivity index is 1.50. The van der Waals surface area contributed by atoms with Crippen LogP contribution in [0.3, 0.4) is 0 Å². The first-order valence-corrected chi connectivity index (χ1v) is 13.1. The number of nitrogens with zero attached hydrogens (tertiary/aromatic N) is 6. The van der Waals surface area contributed by atoms with Crippen molar-refractivity contribution in [2.75, 3.05) is 13.1 Å². The van der Waals surface area contributed by atoms with Gasteiger partial charge in [0.1, 0.15) is 11.9 Å². The molecule has 3 aromatic heterocycles. The van der Waals surface area contributed by atoms with Crippen LogP contribution >= 0.6 is 11.6 Å². The van der Waals surface area contributed by atoms with Gasteiger partial charge in [-0.05, 0) is 69.2 Å². The molecule has 2 N–H and O–H groups in total. The van der Waals surface area contributed by atoms with Gasteiger partial charge in [0.2, 0.25) is 0 Å². The molecule has 188 valence electrons. The van der Waals surface area contributed by atoms with Gasteiger partial charge in [-0.15, -0.1) is 0 Å². The molecule has 2 aliphatic rings. The van der Waals surface area contributed by atoms with E-state index in [1.165, 1.54) is 12.8 Å². The minimum atomic E-state index is -0.604. The largest absolute Gasteiger partial charge is 0.375 e. The van der Waals surface area contributed by atoms with Crippen molar-refractivity contribution in [2.45, 2.75) is 58.3 Å². The van der Waals surface area contributed by atoms with Gasteiger partial charge >= 0.3 is 0 Å². The van der Waals surface area contributed by atoms with Crippen LogP contribution in [0.15, 0.2) is 37.2 Å². The summed E-state index contributed by atoms with van der Waals surface area (Å²) in [5.41, 5.74) is 6.99. The molecule has 1 aliphatic heterocycles. The molecule has 1 unspecified atom stereocenters. The van der Waals surface area contributed by atoms with Gasteiger partial charge in [0, 0.05) is 48.0 Å². The number of hydrogen-bond acceptors (Lipinski definition) is 5. The summed E-state index contributed by atoms with van der Waals surface area (Å²) in [6, 6.07) is 4.34. The number of likely N-dealkylation sites (tertiary alicyclic amines) is 1. The van der Waals surface area contributed by atoms with Gasteiger partial charge in [0.15, 0.2) is 0 Å². The van der Waals surface area contributed by atoms with Gasteiger partial charge < -0.3 is 5.11 Å². The lowest BCUT2D eigenvalue weighted by Gasteiger charge is -2.34. The molecule has 4 aromatic rings. The van der Waals surface area contributed by atoms with Crippen LogP contribution in [-0.2, 0) is 6.54 Å². The maximum absolute atomic E-state index is 10.2. The second-order valence-electron chi connectivity index (χ2n) is 10.2. The predicted molar refractivity (Wildman–Crippen MR) is 142 cm³/mol. The molecule has 6 rings (SSSR count). The minimum Gasteiger partial charge on any atom is -0.375 e. The van der Waals surface area contributed by atoms with Gasteiger partial charge in [-0.2, -0.15) is 15.3 Å². The van der Waals surface area contributed by atoms with E-state index in [2.05, 4.69) is 49.1 Å². The van der Waals surface area contributed by atoms with Crippen molar-refractivity contribution in [3.05, 3.63) is 53.5 Å². The Bertz CT molecular complexity index is 1420. The number of aryl methyl sites for hydroxylation is 1. The number of aromatic amines is 1. The predicted octanol–water partition coefficient (Wildman–Crippen LogP) is 5.11. The van der Waals surface area contributed by atoms with Gasteiger partial charge in [-0.25, -0.2) is 0 Å². The summed E-state index contributed by atoms with van der Waals surface area (Å²) in [5, 5.41) is 29.3. The number of benzene rings is 1. The number of aliphatic hydroxyl groups excluding tert-OH is 1. The van der Waals surface area contributed by atoms with Crippen molar-refractivity contribution in [2.24, 2.45) is 5.92 Å². The fourth-order valence-electron chi connectivity index (χ4n) is 5.57. The van der Waals surface area contributed by atoms with E-state index in [0.29, 0.717) is 5.92 Å². The summed E-state index contributed by atoms with van der Waals surface area (Å²) < 4.78 is 4.29. The number of aromatic nitrogens is 6. The van der Waals surface area contributed by atoms with Crippen molar-refractivity contribution >= 4 is 22.5 Å². The van der Waals surface area contributed by atoms with Gasteiger partial charge in [0.05, 0.1) is 28.5 Å². The van der Waals surface area contributed by atoms with Crippen LogP contribution in [0.5, 0.6) is 0 Å². The zero-order valence-corrected chi connectivity index (χ0v) is 21.5. The van der Waals surface area contributed by atoms with E-state index < -0.39 is 6.23 Å². The number of nitrogens with one attached hydrogen (secondary N) is 1. The molecule has 1 saturated heterocycles. The number of hydrogen-bond donors (Lipinski definition) is 2. The molecule has 0 amide bonds. The Morgan fingerprint density at radius 1 is 1.22 bits per heavy atom. The molecule has 9 heteroatoms. The van der Waals surface area contributed by atoms with Crippen molar-refractivity contribution < 1.29 is 5.11 Å². The summed E-state index contributed by atoms with van der Waals surface area (Å²) >= 11 is 7.02. The van der Waals surface area contributed by atoms with Crippen LogP contribution in [0.1, 0.15) is 43.0 Å². The lowest BCUT2D eigenvalue weighted by molar-refractivity contribution is 0.0173. The number of rotatable bonds is 7. The van der Waals surface area contributed by atoms with Crippen LogP contribution in [0.2, 0.25) is 5.02 Å². The third-order valence-corrected chi connectivity index (χ3v) is 8.27. The summed E-state index contributed by atoms with van der Waals surface area (Å²) in [6.07, 6.45) is 9.03. The number of H-pyrrole nitrogens is 1. The monoisotopic (exact) mass is 505 g/mol. The highest BCUT2D eigenvalue weighted by molar-refractivity contribution is 6.36. The summed E-state index contributed by atoms with van der Waals surface area (Å²) in [4.78, 5) is 2.06. The number of aliphatic hydroxyl groups is 1. The smallest absolute Gasteiger partial charge is 0.126 e. The zero-order valence-electron chi connectivity index (χ0n) is 20.8. The van der Waals surface area contributed by atoms with Gasteiger partial charge in [0.25, 0.3) is 0 Å². The maximum Gasteiger partial charge on any atom is 0.126 e. The summed E-state index contributed by atoms with van der Waals surface area (Å²) in [7, 11) is 0. The average molecular weight is 506 g/mol. The SMILES string of the molecule is C=CC(O)N1CCC(n2nc(-c3ccnn3CC3CC3)c(-c3c(Cl)c(C)cc4[nH]ncc34)c2C)CC1. The average Bonchev–Trinajstić information content (AvgIpc) is 3.23. The van der Waals surface area contributed by atoms with E-state index in [9.17, 15) is 5.11 Å². The van der Waals surface area contributed by atoms with Gasteiger partial charge in [-0.3, -0.25) is 19.4 Å². The second kappa shape index (κ2) is 9.18. The Hall–Kier alpha value is -2.94. The van der Waals surface area contributed by atoms with Crippen LogP contribution in [-0.4, -0.2) is 59.1 Å². The number of fused-ring (bicyclic) bond motifs is 1. The number of halogens is 1. The van der Waals surface area contributed by atoms with Crippen molar-refractivity contribution in [1.82, 2.24) is 34.7 Å². The van der Waals surface area contributed by atoms with Gasteiger partial charge in [-0.1, -0.05) is 18.2 Å². The standard InChI is InChI=1S/C27H32ClN7O/c1-4-23(36)33-11-8-19(9-12-33)35-17(3)24(25-20-14-29-31-21(20)13-16(2)26(25)28)27(32-35)22-7-10-30-34(22)15-18-5-6-18/h4,7,10,13-14,18-19,23,36H,1,5-6,8-9,11-12,15H2,2-3H3,(H,29,31). The molecule has 4 heterocycles. The van der Waals surface area contributed by atoms with Crippen molar-refractivity contribution in [1.29, 1.82) is 0 Å². The van der Waals surface area contributed by atoms with E-state index in [1.807, 2.05) is 25.4 Å². The molecule has 36 heavy (non-hydrogen) atoms. The highest BCUT2D eigenvalue weighted by atomic mass is 35.5. The van der Waals surface area contributed by atoms with Crippen LogP contribution in [0.4, 0.5) is 0 Å². The highest BCUT2D eigenvalue weighted by Crippen LogP contribution is 2.44.